The third kappa shape index (κ3) is 3.66. The van der Waals surface area contributed by atoms with Crippen LogP contribution in [0.5, 0.6) is 0 Å². The quantitative estimate of drug-likeness (QED) is 0.888. The Morgan fingerprint density at radius 3 is 2.43 bits per heavy atom. The van der Waals surface area contributed by atoms with E-state index in [1.54, 1.807) is 37.3 Å². The minimum absolute atomic E-state index is 0.106. The molecule has 0 bridgehead atoms. The summed E-state index contributed by atoms with van der Waals surface area (Å²) in [5.74, 6) is -0.354. The topological polar surface area (TPSA) is 72.2 Å². The van der Waals surface area contributed by atoms with Crippen molar-refractivity contribution in [3.05, 3.63) is 65.0 Å². The van der Waals surface area contributed by atoms with Crippen LogP contribution in [0, 0.1) is 12.7 Å². The fourth-order valence-electron chi connectivity index (χ4n) is 2.03. The minimum Gasteiger partial charge on any atom is -0.326 e. The summed E-state index contributed by atoms with van der Waals surface area (Å²) in [6, 6.07) is 10.7. The molecule has 2 rings (SSSR count). The highest BCUT2D eigenvalue weighted by Gasteiger charge is 2.17. The highest BCUT2D eigenvalue weighted by atomic mass is 32.2. The first kappa shape index (κ1) is 15.6. The number of hydrogen-bond acceptors (Lipinski definition) is 3. The summed E-state index contributed by atoms with van der Waals surface area (Å²) in [4.78, 5) is 0.215. The van der Waals surface area contributed by atoms with Crippen LogP contribution in [0.4, 0.5) is 4.39 Å². The standard InChI is InChI=1S/C15H17FN2O2S/c1-11-13(9-17)3-2-4-15(11)21(19,20)18-10-12-5-7-14(16)8-6-12/h2-8,18H,9-10,17H2,1H3. The molecule has 0 amide bonds. The molecule has 0 aliphatic rings. The molecule has 3 N–H and O–H groups in total. The van der Waals surface area contributed by atoms with Gasteiger partial charge in [0.1, 0.15) is 5.82 Å². The van der Waals surface area contributed by atoms with E-state index in [1.165, 1.54) is 12.1 Å². The van der Waals surface area contributed by atoms with Crippen LogP contribution in [0.3, 0.4) is 0 Å². The molecule has 0 fully saturated rings. The largest absolute Gasteiger partial charge is 0.326 e. The predicted octanol–water partition coefficient (Wildman–Crippen LogP) is 2.07. The molecule has 0 atom stereocenters. The molecule has 0 saturated heterocycles. The molecule has 112 valence electrons. The van der Waals surface area contributed by atoms with Crippen molar-refractivity contribution in [1.29, 1.82) is 0 Å². The first-order valence-electron chi connectivity index (χ1n) is 6.46. The average molecular weight is 308 g/mol. The molecule has 0 unspecified atom stereocenters. The monoisotopic (exact) mass is 308 g/mol. The number of benzene rings is 2. The van der Waals surface area contributed by atoms with E-state index < -0.39 is 10.0 Å². The van der Waals surface area contributed by atoms with Crippen molar-refractivity contribution in [3.8, 4) is 0 Å². The van der Waals surface area contributed by atoms with Crippen molar-refractivity contribution >= 4 is 10.0 Å². The zero-order valence-electron chi connectivity index (χ0n) is 11.6. The molecule has 0 saturated carbocycles. The number of rotatable bonds is 5. The minimum atomic E-state index is -3.63. The maximum Gasteiger partial charge on any atom is 0.241 e. The molecule has 0 aliphatic carbocycles. The number of sulfonamides is 1. The predicted molar refractivity (Wildman–Crippen MR) is 79.5 cm³/mol. The van der Waals surface area contributed by atoms with Crippen LogP contribution in [-0.2, 0) is 23.1 Å². The Morgan fingerprint density at radius 1 is 1.14 bits per heavy atom. The van der Waals surface area contributed by atoms with E-state index in [0.717, 1.165) is 5.56 Å². The zero-order valence-corrected chi connectivity index (χ0v) is 12.5. The van der Waals surface area contributed by atoms with Gasteiger partial charge >= 0.3 is 0 Å². The second-order valence-corrected chi connectivity index (χ2v) is 6.43. The highest BCUT2D eigenvalue weighted by molar-refractivity contribution is 7.89. The lowest BCUT2D eigenvalue weighted by Crippen LogP contribution is -2.24. The average Bonchev–Trinajstić information content (AvgIpc) is 2.47. The molecule has 2 aromatic carbocycles. The molecule has 6 heteroatoms. The van der Waals surface area contributed by atoms with Gasteiger partial charge < -0.3 is 5.73 Å². The van der Waals surface area contributed by atoms with E-state index in [2.05, 4.69) is 4.72 Å². The van der Waals surface area contributed by atoms with Crippen LogP contribution < -0.4 is 10.5 Å². The first-order valence-corrected chi connectivity index (χ1v) is 7.95. The van der Waals surface area contributed by atoms with Gasteiger partial charge in [-0.2, -0.15) is 0 Å². The lowest BCUT2D eigenvalue weighted by atomic mass is 10.1. The van der Waals surface area contributed by atoms with Gasteiger partial charge in [0.05, 0.1) is 4.90 Å². The van der Waals surface area contributed by atoms with Gasteiger partial charge in [-0.15, -0.1) is 0 Å². The summed E-state index contributed by atoms with van der Waals surface area (Å²) >= 11 is 0. The number of hydrogen-bond donors (Lipinski definition) is 2. The molecule has 4 nitrogen and oxygen atoms in total. The number of nitrogens with one attached hydrogen (secondary N) is 1. The Bertz CT molecular complexity index is 728. The smallest absolute Gasteiger partial charge is 0.241 e. The van der Waals surface area contributed by atoms with E-state index in [4.69, 9.17) is 5.73 Å². The fourth-order valence-corrected chi connectivity index (χ4v) is 3.33. The SMILES string of the molecule is Cc1c(CN)cccc1S(=O)(=O)NCc1ccc(F)cc1. The summed E-state index contributed by atoms with van der Waals surface area (Å²) in [6.07, 6.45) is 0. The number of nitrogens with two attached hydrogens (primary N) is 1. The van der Waals surface area contributed by atoms with Gasteiger partial charge in [-0.3, -0.25) is 0 Å². The van der Waals surface area contributed by atoms with E-state index in [-0.39, 0.29) is 23.8 Å². The van der Waals surface area contributed by atoms with Crippen molar-refractivity contribution in [2.45, 2.75) is 24.9 Å². The second-order valence-electron chi connectivity index (χ2n) is 4.70. The van der Waals surface area contributed by atoms with Gasteiger partial charge in [0.25, 0.3) is 0 Å². The third-order valence-corrected chi connectivity index (χ3v) is 4.83. The molecular formula is C15H17FN2O2S. The van der Waals surface area contributed by atoms with E-state index in [1.807, 2.05) is 0 Å². The lowest BCUT2D eigenvalue weighted by molar-refractivity contribution is 0.580. The lowest BCUT2D eigenvalue weighted by Gasteiger charge is -2.12. The maximum absolute atomic E-state index is 12.8. The maximum atomic E-state index is 12.8. The molecule has 2 aromatic rings. The molecule has 0 aliphatic heterocycles. The Balaban J connectivity index is 2.21. The molecule has 0 radical (unpaired) electrons. The van der Waals surface area contributed by atoms with Crippen molar-refractivity contribution < 1.29 is 12.8 Å². The molecule has 0 heterocycles. The summed E-state index contributed by atoms with van der Waals surface area (Å²) < 4.78 is 40.0. The van der Waals surface area contributed by atoms with E-state index >= 15 is 0 Å². The van der Waals surface area contributed by atoms with Gasteiger partial charge in [0.15, 0.2) is 0 Å². The number of halogens is 1. The van der Waals surface area contributed by atoms with Crippen LogP contribution in [-0.4, -0.2) is 8.42 Å². The van der Waals surface area contributed by atoms with Gasteiger partial charge in [-0.25, -0.2) is 17.5 Å². The Morgan fingerprint density at radius 2 is 1.81 bits per heavy atom. The van der Waals surface area contributed by atoms with Crippen molar-refractivity contribution in [2.24, 2.45) is 5.73 Å². The third-order valence-electron chi connectivity index (χ3n) is 3.29. The van der Waals surface area contributed by atoms with Crippen molar-refractivity contribution in [3.63, 3.8) is 0 Å². The van der Waals surface area contributed by atoms with Crippen LogP contribution >= 0.6 is 0 Å². The van der Waals surface area contributed by atoms with E-state index in [9.17, 15) is 12.8 Å². The summed E-state index contributed by atoms with van der Waals surface area (Å²) in [5, 5.41) is 0. The Kier molecular flexibility index (Phi) is 4.72. The zero-order chi connectivity index (χ0) is 15.5. The Labute approximate surface area is 123 Å². The summed E-state index contributed by atoms with van der Waals surface area (Å²) in [7, 11) is -3.63. The van der Waals surface area contributed by atoms with Crippen molar-refractivity contribution in [1.82, 2.24) is 4.72 Å². The van der Waals surface area contributed by atoms with Gasteiger partial charge in [-0.05, 0) is 41.8 Å². The van der Waals surface area contributed by atoms with Gasteiger partial charge in [0, 0.05) is 13.1 Å². The van der Waals surface area contributed by atoms with Crippen LogP contribution in [0.1, 0.15) is 16.7 Å². The molecule has 0 aromatic heterocycles. The highest BCUT2D eigenvalue weighted by Crippen LogP contribution is 2.18. The second kappa shape index (κ2) is 6.34. The molecular weight excluding hydrogens is 291 g/mol. The van der Waals surface area contributed by atoms with Gasteiger partial charge in [-0.1, -0.05) is 24.3 Å². The molecule has 21 heavy (non-hydrogen) atoms. The summed E-state index contributed by atoms with van der Waals surface area (Å²) in [6.45, 7) is 2.12. The Hall–Kier alpha value is -1.76. The fraction of sp³-hybridized carbons (Fsp3) is 0.200. The van der Waals surface area contributed by atoms with Gasteiger partial charge in [0.2, 0.25) is 10.0 Å². The van der Waals surface area contributed by atoms with Crippen LogP contribution in [0.25, 0.3) is 0 Å². The van der Waals surface area contributed by atoms with E-state index in [0.29, 0.717) is 11.1 Å². The summed E-state index contributed by atoms with van der Waals surface area (Å²) in [5.41, 5.74) is 7.72. The normalized spacial score (nSPS) is 11.6. The van der Waals surface area contributed by atoms with Crippen LogP contribution in [0.15, 0.2) is 47.4 Å². The van der Waals surface area contributed by atoms with Crippen molar-refractivity contribution in [2.75, 3.05) is 0 Å². The first-order chi connectivity index (χ1) is 9.94. The van der Waals surface area contributed by atoms with Crippen LogP contribution in [0.2, 0.25) is 0 Å². The molecule has 0 spiro atoms.